The lowest BCUT2D eigenvalue weighted by Gasteiger charge is -2.59. The first-order valence-corrected chi connectivity index (χ1v) is 13.5. The van der Waals surface area contributed by atoms with E-state index in [1.807, 2.05) is 0 Å². The summed E-state index contributed by atoms with van der Waals surface area (Å²) in [4.78, 5) is 39.6. The maximum absolute atomic E-state index is 12.6. The third kappa shape index (κ3) is 5.84. The number of carbonyl (C=O) groups excluding carboxylic acids is 1. The molecule has 0 bridgehead atoms. The average Bonchev–Trinajstić information content (AvgIpc) is 3.11. The molecule has 0 aromatic carbocycles. The molecule has 0 unspecified atom stereocenters. The highest BCUT2D eigenvalue weighted by Gasteiger charge is 2.60. The molecule has 0 aromatic rings. The summed E-state index contributed by atoms with van der Waals surface area (Å²) in [6, 6.07) is 0. The fraction of sp³-hybridized carbons (Fsp3) is 0.724. The molecule has 0 aliphatic heterocycles. The Morgan fingerprint density at radius 3 is 2.24 bits per heavy atom. The van der Waals surface area contributed by atoms with Crippen LogP contribution in [-0.4, -0.2) is 65.8 Å². The Labute approximate surface area is 220 Å². The Morgan fingerprint density at radius 2 is 1.65 bits per heavy atom. The van der Waals surface area contributed by atoms with E-state index in [4.69, 9.17) is 15.1 Å². The largest absolute Gasteiger partial charge is 0.478 e. The summed E-state index contributed by atoms with van der Waals surface area (Å²) in [7, 11) is 4.12. The van der Waals surface area contributed by atoms with Gasteiger partial charge in [0, 0.05) is 35.9 Å². The van der Waals surface area contributed by atoms with Crippen LogP contribution < -0.4 is 0 Å². The number of ketones is 1. The van der Waals surface area contributed by atoms with E-state index < -0.39 is 11.9 Å². The number of allylic oxidation sites excluding steroid dienone is 2. The van der Waals surface area contributed by atoms with Crippen molar-refractivity contribution >= 4 is 23.4 Å². The molecule has 3 fully saturated rings. The van der Waals surface area contributed by atoms with Gasteiger partial charge in [-0.05, 0) is 75.8 Å². The number of oxime groups is 1. The van der Waals surface area contributed by atoms with Crippen molar-refractivity contribution in [2.75, 3.05) is 27.2 Å². The number of carbonyl (C=O) groups is 3. The molecule has 0 aromatic heterocycles. The normalized spacial score (nSPS) is 35.2. The number of hydrogen-bond acceptors (Lipinski definition) is 6. The van der Waals surface area contributed by atoms with E-state index in [1.54, 1.807) is 5.57 Å². The Bertz CT molecular complexity index is 980. The summed E-state index contributed by atoms with van der Waals surface area (Å²) in [6.07, 6.45) is 11.2. The molecule has 0 saturated heterocycles. The molecule has 0 spiro atoms. The molecule has 4 aliphatic rings. The van der Waals surface area contributed by atoms with Crippen molar-refractivity contribution in [3.05, 3.63) is 23.8 Å². The monoisotopic (exact) mass is 516 g/mol. The van der Waals surface area contributed by atoms with Gasteiger partial charge in [-0.25, -0.2) is 9.59 Å². The minimum atomic E-state index is -1.26. The second kappa shape index (κ2) is 11.1. The van der Waals surface area contributed by atoms with Gasteiger partial charge in [-0.15, -0.1) is 0 Å². The predicted molar refractivity (Wildman–Crippen MR) is 142 cm³/mol. The van der Waals surface area contributed by atoms with Crippen LogP contribution in [0.3, 0.4) is 0 Å². The zero-order valence-corrected chi connectivity index (χ0v) is 23.2. The van der Waals surface area contributed by atoms with Crippen LogP contribution in [0.15, 0.2) is 29.0 Å². The lowest BCUT2D eigenvalue weighted by molar-refractivity contribution is -0.134. The number of likely N-dealkylation sites (N-methyl/N-ethyl adjacent to an activating group) is 1. The average molecular weight is 517 g/mol. The van der Waals surface area contributed by atoms with Gasteiger partial charge >= 0.3 is 11.9 Å². The van der Waals surface area contributed by atoms with Crippen molar-refractivity contribution in [3.63, 3.8) is 0 Å². The van der Waals surface area contributed by atoms with Gasteiger partial charge in [0.25, 0.3) is 0 Å². The zero-order valence-electron chi connectivity index (χ0n) is 23.2. The van der Waals surface area contributed by atoms with Gasteiger partial charge in [-0.3, -0.25) is 4.79 Å². The van der Waals surface area contributed by atoms with Gasteiger partial charge in [0.1, 0.15) is 12.4 Å². The molecule has 5 atom stereocenters. The Morgan fingerprint density at radius 1 is 1.03 bits per heavy atom. The van der Waals surface area contributed by atoms with E-state index in [0.717, 1.165) is 45.1 Å². The highest BCUT2D eigenvalue weighted by Crippen LogP contribution is 2.66. The van der Waals surface area contributed by atoms with Crippen LogP contribution >= 0.6 is 0 Å². The first kappa shape index (κ1) is 29.1. The van der Waals surface area contributed by atoms with Crippen LogP contribution in [0.1, 0.15) is 72.6 Å². The van der Waals surface area contributed by atoms with Gasteiger partial charge in [0.05, 0.1) is 5.71 Å². The Balaban J connectivity index is 0.000000414. The molecular formula is C29H44N2O6. The van der Waals surface area contributed by atoms with Crippen LogP contribution in [0.5, 0.6) is 0 Å². The molecule has 206 valence electrons. The summed E-state index contributed by atoms with van der Waals surface area (Å²) < 4.78 is 0. The van der Waals surface area contributed by atoms with Crippen LogP contribution in [0, 0.1) is 34.0 Å². The fourth-order valence-electron chi connectivity index (χ4n) is 7.65. The Kier molecular flexibility index (Phi) is 8.72. The smallest absolute Gasteiger partial charge is 0.328 e. The van der Waals surface area contributed by atoms with E-state index in [2.05, 4.69) is 57.9 Å². The summed E-state index contributed by atoms with van der Waals surface area (Å²) >= 11 is 0. The maximum atomic E-state index is 12.6. The first-order chi connectivity index (χ1) is 17.2. The second-order valence-electron chi connectivity index (χ2n) is 12.4. The third-order valence-electron chi connectivity index (χ3n) is 9.62. The fourth-order valence-corrected chi connectivity index (χ4v) is 7.65. The highest BCUT2D eigenvalue weighted by molar-refractivity contribution is 5.93. The minimum absolute atomic E-state index is 0.0394. The van der Waals surface area contributed by atoms with Crippen molar-refractivity contribution in [1.29, 1.82) is 0 Å². The van der Waals surface area contributed by atoms with E-state index in [9.17, 15) is 14.4 Å². The summed E-state index contributed by atoms with van der Waals surface area (Å²) in [5.41, 5.74) is 2.94. The standard InChI is InChI=1S/C25H40N2O2.C4H4O4/c1-23(2)20-9-7-17-18-8-10-22(28)25(18,4)13-11-19(17)24(20,3)14-12-21(23)26-29-16-15-27(5)6;5-3(6)1-2-4(7)8/h9,17-19H,7-8,10-16H2,1-6H3;1-2H,(H,5,6)(H,7,8)/b26-21+;2-1+/t17-,18-,19-,24+,25-;/m0./s1. The van der Waals surface area contributed by atoms with Crippen molar-refractivity contribution in [1.82, 2.24) is 4.90 Å². The van der Waals surface area contributed by atoms with Gasteiger partial charge in [0.2, 0.25) is 0 Å². The zero-order chi connectivity index (χ0) is 27.6. The number of fused-ring (bicyclic) bond motifs is 5. The van der Waals surface area contributed by atoms with Crippen LogP contribution in [0.2, 0.25) is 0 Å². The van der Waals surface area contributed by atoms with Crippen molar-refractivity contribution in [3.8, 4) is 0 Å². The number of aliphatic carboxylic acids is 2. The minimum Gasteiger partial charge on any atom is -0.478 e. The van der Waals surface area contributed by atoms with Crippen LogP contribution in [0.25, 0.3) is 0 Å². The van der Waals surface area contributed by atoms with Crippen molar-refractivity contribution < 1.29 is 29.4 Å². The van der Waals surface area contributed by atoms with Crippen molar-refractivity contribution in [2.24, 2.45) is 39.2 Å². The molecular weight excluding hydrogens is 472 g/mol. The molecule has 4 aliphatic carbocycles. The van der Waals surface area contributed by atoms with Gasteiger partial charge < -0.3 is 20.0 Å². The molecule has 37 heavy (non-hydrogen) atoms. The summed E-state index contributed by atoms with van der Waals surface area (Å²) in [5, 5.41) is 20.2. The third-order valence-corrected chi connectivity index (χ3v) is 9.62. The number of hydrogen-bond donors (Lipinski definition) is 2. The number of Topliss-reactive ketones (excluding diaryl/α,β-unsaturated/α-hetero) is 1. The molecule has 4 rings (SSSR count). The number of nitrogens with zero attached hydrogens (tertiary/aromatic N) is 2. The Hall–Kier alpha value is -2.48. The molecule has 0 radical (unpaired) electrons. The molecule has 3 saturated carbocycles. The summed E-state index contributed by atoms with van der Waals surface area (Å²) in [6.45, 7) is 11.0. The molecule has 0 heterocycles. The maximum Gasteiger partial charge on any atom is 0.328 e. The first-order valence-electron chi connectivity index (χ1n) is 13.5. The highest BCUT2D eigenvalue weighted by atomic mass is 16.6. The van der Waals surface area contributed by atoms with Crippen LogP contribution in [-0.2, 0) is 19.2 Å². The molecule has 2 N–H and O–H groups in total. The van der Waals surface area contributed by atoms with Crippen LogP contribution in [0.4, 0.5) is 0 Å². The van der Waals surface area contributed by atoms with Gasteiger partial charge in [-0.2, -0.15) is 0 Å². The predicted octanol–water partition coefficient (Wildman–Crippen LogP) is 4.80. The lowest BCUT2D eigenvalue weighted by atomic mass is 9.45. The number of carboxylic acid groups (broad SMARTS) is 2. The van der Waals surface area contributed by atoms with E-state index >= 15 is 0 Å². The second-order valence-corrected chi connectivity index (χ2v) is 12.4. The summed E-state index contributed by atoms with van der Waals surface area (Å²) in [5.74, 6) is 0.00593. The molecule has 0 amide bonds. The van der Waals surface area contributed by atoms with Gasteiger partial charge in [0.15, 0.2) is 0 Å². The SMILES string of the molecule is CN(C)CCO/N=C1\CC[C@@]2(C)C(=CC[C@@H]3[C@@H]2CC[C@]2(C)C(=O)CC[C@@H]32)C1(C)C.O=C(O)/C=C/C(=O)O. The number of rotatable bonds is 6. The van der Waals surface area contributed by atoms with Crippen molar-refractivity contribution in [2.45, 2.75) is 72.6 Å². The quantitative estimate of drug-likeness (QED) is 0.225. The number of carboxylic acids is 2. The van der Waals surface area contributed by atoms with E-state index in [-0.39, 0.29) is 16.2 Å². The molecule has 8 nitrogen and oxygen atoms in total. The van der Waals surface area contributed by atoms with E-state index in [1.165, 1.54) is 12.1 Å². The van der Waals surface area contributed by atoms with E-state index in [0.29, 0.717) is 42.3 Å². The topological polar surface area (TPSA) is 117 Å². The lowest BCUT2D eigenvalue weighted by Crippen LogP contribution is -2.53. The molecule has 8 heteroatoms. The van der Waals surface area contributed by atoms with Gasteiger partial charge in [-0.1, -0.05) is 44.5 Å².